The third-order valence-corrected chi connectivity index (χ3v) is 2.09. The van der Waals surface area contributed by atoms with Crippen LogP contribution in [0.5, 0.6) is 0 Å². The fourth-order valence-electron chi connectivity index (χ4n) is 1.36. The predicted octanol–water partition coefficient (Wildman–Crippen LogP) is 3.04. The van der Waals surface area contributed by atoms with E-state index in [4.69, 9.17) is 5.11 Å². The van der Waals surface area contributed by atoms with E-state index in [-0.39, 0.29) is 0 Å². The molecule has 1 rings (SSSR count). The second-order valence-corrected chi connectivity index (χ2v) is 3.16. The average molecular weight is 255 g/mol. The second-order valence-electron chi connectivity index (χ2n) is 3.16. The summed E-state index contributed by atoms with van der Waals surface area (Å²) in [5.74, 6) is -1.65. The van der Waals surface area contributed by atoms with Gasteiger partial charge in [0.25, 0.3) is 6.43 Å². The van der Waals surface area contributed by atoms with Crippen molar-refractivity contribution in [2.75, 3.05) is 0 Å². The normalized spacial score (nSPS) is 11.9. The Hall–Kier alpha value is -1.73. The molecule has 0 spiro atoms. The van der Waals surface area contributed by atoms with Crippen molar-refractivity contribution < 1.29 is 31.9 Å². The molecule has 1 N–H and O–H groups in total. The molecule has 0 saturated carbocycles. The van der Waals surface area contributed by atoms with Gasteiger partial charge < -0.3 is 5.11 Å². The number of carbonyl (C=O) groups is 1. The Morgan fingerprint density at radius 1 is 1.41 bits per heavy atom. The van der Waals surface area contributed by atoms with Crippen molar-refractivity contribution in [3.05, 3.63) is 28.6 Å². The zero-order valence-electron chi connectivity index (χ0n) is 8.35. The quantitative estimate of drug-likeness (QED) is 0.826. The number of alkyl halides is 5. The molecular weight excluding hydrogens is 249 g/mol. The first-order valence-electron chi connectivity index (χ1n) is 4.24. The minimum atomic E-state index is -5.08. The molecule has 0 amide bonds. The zero-order valence-corrected chi connectivity index (χ0v) is 8.35. The number of pyridine rings is 1. The molecule has 0 aromatic carbocycles. The predicted molar refractivity (Wildman–Crippen MR) is 45.9 cm³/mol. The van der Waals surface area contributed by atoms with E-state index < -0.39 is 41.0 Å². The number of carboxylic acid groups (broad SMARTS) is 1. The molecule has 3 nitrogen and oxygen atoms in total. The highest BCUT2D eigenvalue weighted by Gasteiger charge is 2.39. The van der Waals surface area contributed by atoms with Crippen LogP contribution >= 0.6 is 0 Å². The standard InChI is InChI=1S/C9H6F5NO2/c1-3-4(8(16)17)2-15-6(7(10)11)5(3)9(12,13)14/h2,7H,1H3,(H,16,17). The molecule has 0 radical (unpaired) electrons. The van der Waals surface area contributed by atoms with E-state index in [0.717, 1.165) is 6.92 Å². The van der Waals surface area contributed by atoms with Gasteiger partial charge in [0, 0.05) is 6.20 Å². The Bertz CT molecular complexity index is 455. The minimum absolute atomic E-state index is 0.494. The van der Waals surface area contributed by atoms with Gasteiger partial charge in [-0.2, -0.15) is 13.2 Å². The molecule has 0 saturated heterocycles. The highest BCUT2D eigenvalue weighted by molar-refractivity contribution is 5.89. The molecule has 0 atom stereocenters. The van der Waals surface area contributed by atoms with Gasteiger partial charge >= 0.3 is 12.1 Å². The van der Waals surface area contributed by atoms with E-state index in [2.05, 4.69) is 4.98 Å². The Morgan fingerprint density at radius 3 is 2.29 bits per heavy atom. The van der Waals surface area contributed by atoms with Crippen molar-refractivity contribution in [2.24, 2.45) is 0 Å². The summed E-state index contributed by atoms with van der Waals surface area (Å²) in [5.41, 5.74) is -4.66. The van der Waals surface area contributed by atoms with Gasteiger partial charge in [0.05, 0.1) is 11.1 Å². The number of rotatable bonds is 2. The molecule has 0 fully saturated rings. The van der Waals surface area contributed by atoms with Crippen LogP contribution in [0.25, 0.3) is 0 Å². The molecule has 0 aliphatic heterocycles. The van der Waals surface area contributed by atoms with Crippen LogP contribution < -0.4 is 0 Å². The number of halogens is 5. The van der Waals surface area contributed by atoms with E-state index in [1.807, 2.05) is 0 Å². The van der Waals surface area contributed by atoms with E-state index in [1.165, 1.54) is 0 Å². The van der Waals surface area contributed by atoms with Gasteiger partial charge in [-0.3, -0.25) is 4.98 Å². The molecular formula is C9H6F5NO2. The van der Waals surface area contributed by atoms with Crippen molar-refractivity contribution in [1.82, 2.24) is 4.98 Å². The summed E-state index contributed by atoms with van der Waals surface area (Å²) in [7, 11) is 0. The minimum Gasteiger partial charge on any atom is -0.478 e. The first-order valence-corrected chi connectivity index (χ1v) is 4.24. The highest BCUT2D eigenvalue weighted by Crippen LogP contribution is 2.38. The Morgan fingerprint density at radius 2 is 1.94 bits per heavy atom. The van der Waals surface area contributed by atoms with Crippen LogP contribution in [-0.2, 0) is 6.18 Å². The van der Waals surface area contributed by atoms with E-state index in [0.29, 0.717) is 6.20 Å². The molecule has 94 valence electrons. The van der Waals surface area contributed by atoms with Gasteiger partial charge in [0.1, 0.15) is 5.69 Å². The molecule has 0 aliphatic rings. The van der Waals surface area contributed by atoms with E-state index in [9.17, 15) is 26.7 Å². The van der Waals surface area contributed by atoms with Crippen LogP contribution in [0.3, 0.4) is 0 Å². The molecule has 1 aromatic heterocycles. The van der Waals surface area contributed by atoms with Crippen LogP contribution in [0.1, 0.15) is 33.6 Å². The highest BCUT2D eigenvalue weighted by atomic mass is 19.4. The summed E-state index contributed by atoms with van der Waals surface area (Å²) < 4.78 is 62.4. The third-order valence-electron chi connectivity index (χ3n) is 2.09. The maximum absolute atomic E-state index is 12.5. The molecule has 0 unspecified atom stereocenters. The number of hydrogen-bond donors (Lipinski definition) is 1. The van der Waals surface area contributed by atoms with Gasteiger partial charge in [-0.05, 0) is 12.5 Å². The summed E-state index contributed by atoms with van der Waals surface area (Å²) in [6, 6.07) is 0. The number of carboxylic acids is 1. The van der Waals surface area contributed by atoms with Crippen molar-refractivity contribution in [1.29, 1.82) is 0 Å². The Kier molecular flexibility index (Phi) is 3.35. The fourth-order valence-corrected chi connectivity index (χ4v) is 1.36. The summed E-state index contributed by atoms with van der Waals surface area (Å²) in [5, 5.41) is 8.59. The summed E-state index contributed by atoms with van der Waals surface area (Å²) in [6.07, 6.45) is -8.00. The van der Waals surface area contributed by atoms with Crippen LogP contribution in [0.2, 0.25) is 0 Å². The maximum atomic E-state index is 12.5. The monoisotopic (exact) mass is 255 g/mol. The second kappa shape index (κ2) is 4.27. The average Bonchev–Trinajstić information content (AvgIpc) is 2.14. The van der Waals surface area contributed by atoms with Crippen molar-refractivity contribution in [2.45, 2.75) is 19.5 Å². The first-order chi connectivity index (χ1) is 7.66. The summed E-state index contributed by atoms with van der Waals surface area (Å²) in [4.78, 5) is 13.5. The summed E-state index contributed by atoms with van der Waals surface area (Å²) >= 11 is 0. The smallest absolute Gasteiger partial charge is 0.418 e. The van der Waals surface area contributed by atoms with Crippen LogP contribution in [0.4, 0.5) is 22.0 Å². The number of aromatic nitrogens is 1. The number of nitrogens with zero attached hydrogens (tertiary/aromatic N) is 1. The molecule has 17 heavy (non-hydrogen) atoms. The zero-order chi connectivity index (χ0) is 13.4. The molecule has 1 aromatic rings. The molecule has 1 heterocycles. The van der Waals surface area contributed by atoms with Gasteiger partial charge in [-0.1, -0.05) is 0 Å². The fraction of sp³-hybridized carbons (Fsp3) is 0.333. The summed E-state index contributed by atoms with van der Waals surface area (Å²) in [6.45, 7) is 0.819. The van der Waals surface area contributed by atoms with Gasteiger partial charge in [0.2, 0.25) is 0 Å². The van der Waals surface area contributed by atoms with E-state index in [1.54, 1.807) is 0 Å². The van der Waals surface area contributed by atoms with Gasteiger partial charge in [-0.25, -0.2) is 13.6 Å². The molecule has 8 heteroatoms. The SMILES string of the molecule is Cc1c(C(=O)O)cnc(C(F)F)c1C(F)(F)F. The number of hydrogen-bond acceptors (Lipinski definition) is 2. The lowest BCUT2D eigenvalue weighted by Crippen LogP contribution is -2.17. The van der Waals surface area contributed by atoms with Crippen molar-refractivity contribution in [3.63, 3.8) is 0 Å². The Balaban J connectivity index is 3.59. The molecule has 0 aliphatic carbocycles. The largest absolute Gasteiger partial charge is 0.478 e. The van der Waals surface area contributed by atoms with Crippen LogP contribution in [0, 0.1) is 6.92 Å². The lowest BCUT2D eigenvalue weighted by atomic mass is 10.0. The first kappa shape index (κ1) is 13.3. The number of aromatic carboxylic acids is 1. The molecule has 0 bridgehead atoms. The lowest BCUT2D eigenvalue weighted by Gasteiger charge is -2.15. The topological polar surface area (TPSA) is 50.2 Å². The van der Waals surface area contributed by atoms with Crippen molar-refractivity contribution >= 4 is 5.97 Å². The van der Waals surface area contributed by atoms with Crippen LogP contribution in [-0.4, -0.2) is 16.1 Å². The van der Waals surface area contributed by atoms with Gasteiger partial charge in [0.15, 0.2) is 0 Å². The van der Waals surface area contributed by atoms with E-state index >= 15 is 0 Å². The third kappa shape index (κ3) is 2.51. The lowest BCUT2D eigenvalue weighted by molar-refractivity contribution is -0.140. The van der Waals surface area contributed by atoms with Gasteiger partial charge in [-0.15, -0.1) is 0 Å². The van der Waals surface area contributed by atoms with Crippen LogP contribution in [0.15, 0.2) is 6.20 Å². The Labute approximate surface area is 91.9 Å². The maximum Gasteiger partial charge on any atom is 0.418 e. The van der Waals surface area contributed by atoms with Crippen molar-refractivity contribution in [3.8, 4) is 0 Å².